The molecule has 2 rings (SSSR count). The van der Waals surface area contributed by atoms with Crippen molar-refractivity contribution in [2.24, 2.45) is 5.92 Å². The first-order valence-corrected chi connectivity index (χ1v) is 6.43. The first-order valence-electron chi connectivity index (χ1n) is 6.43. The Bertz CT molecular complexity index is 217. The maximum absolute atomic E-state index is 3.44. The Morgan fingerprint density at radius 3 is 2.87 bits per heavy atom. The van der Waals surface area contributed by atoms with Crippen LogP contribution >= 0.6 is 0 Å². The lowest BCUT2D eigenvalue weighted by Gasteiger charge is -2.28. The number of nitrogens with one attached hydrogen (secondary N) is 1. The summed E-state index contributed by atoms with van der Waals surface area (Å²) in [6, 6.07) is 0. The second-order valence-electron chi connectivity index (χ2n) is 5.08. The number of hydrogen-bond acceptors (Lipinski definition) is 2. The van der Waals surface area contributed by atoms with Gasteiger partial charge < -0.3 is 5.32 Å². The van der Waals surface area contributed by atoms with Crippen LogP contribution in [0.15, 0.2) is 11.6 Å². The van der Waals surface area contributed by atoms with Gasteiger partial charge in [-0.1, -0.05) is 11.6 Å². The molecule has 0 atom stereocenters. The lowest BCUT2D eigenvalue weighted by molar-refractivity contribution is 0.248. The molecule has 2 nitrogen and oxygen atoms in total. The van der Waals surface area contributed by atoms with Gasteiger partial charge in [-0.05, 0) is 58.2 Å². The average Bonchev–Trinajstić information content (AvgIpc) is 2.30. The fraction of sp³-hybridized carbons (Fsp3) is 0.846. The normalized spacial score (nSPS) is 25.3. The van der Waals surface area contributed by atoms with Crippen LogP contribution in [0.2, 0.25) is 0 Å². The third-order valence-corrected chi connectivity index (χ3v) is 3.83. The Labute approximate surface area is 93.7 Å². The lowest BCUT2D eigenvalue weighted by Crippen LogP contribution is -2.33. The molecule has 2 heteroatoms. The van der Waals surface area contributed by atoms with Crippen molar-refractivity contribution in [1.82, 2.24) is 10.2 Å². The molecule has 0 radical (unpaired) electrons. The molecule has 2 aliphatic heterocycles. The van der Waals surface area contributed by atoms with E-state index in [9.17, 15) is 0 Å². The van der Waals surface area contributed by atoms with Crippen molar-refractivity contribution in [3.8, 4) is 0 Å². The predicted octanol–water partition coefficient (Wildman–Crippen LogP) is 2.03. The molecule has 0 bridgehead atoms. The fourth-order valence-electron chi connectivity index (χ4n) is 2.55. The van der Waals surface area contributed by atoms with Crippen LogP contribution in [0, 0.1) is 5.92 Å². The highest BCUT2D eigenvalue weighted by atomic mass is 15.1. The Morgan fingerprint density at radius 2 is 2.20 bits per heavy atom. The van der Waals surface area contributed by atoms with Gasteiger partial charge in [0.1, 0.15) is 0 Å². The second-order valence-corrected chi connectivity index (χ2v) is 5.08. The fourth-order valence-corrected chi connectivity index (χ4v) is 2.55. The summed E-state index contributed by atoms with van der Waals surface area (Å²) < 4.78 is 0. The molecular formula is C13H24N2. The van der Waals surface area contributed by atoms with Crippen molar-refractivity contribution in [1.29, 1.82) is 0 Å². The van der Waals surface area contributed by atoms with Gasteiger partial charge in [0.25, 0.3) is 0 Å². The Kier molecular flexibility index (Phi) is 4.21. The topological polar surface area (TPSA) is 15.3 Å². The van der Waals surface area contributed by atoms with Crippen molar-refractivity contribution in [3.63, 3.8) is 0 Å². The summed E-state index contributed by atoms with van der Waals surface area (Å²) in [6.45, 7) is 8.52. The zero-order chi connectivity index (χ0) is 10.5. The maximum atomic E-state index is 3.44. The highest BCUT2D eigenvalue weighted by molar-refractivity contribution is 5.03. The summed E-state index contributed by atoms with van der Waals surface area (Å²) >= 11 is 0. The summed E-state index contributed by atoms with van der Waals surface area (Å²) in [4.78, 5) is 2.61. The molecule has 0 amide bonds. The number of hydrogen-bond donors (Lipinski definition) is 1. The molecule has 86 valence electrons. The van der Waals surface area contributed by atoms with Crippen LogP contribution in [0.3, 0.4) is 0 Å². The monoisotopic (exact) mass is 208 g/mol. The molecule has 0 aromatic rings. The van der Waals surface area contributed by atoms with Gasteiger partial charge >= 0.3 is 0 Å². The molecule has 0 unspecified atom stereocenters. The number of rotatable bonds is 3. The molecule has 2 heterocycles. The van der Waals surface area contributed by atoms with E-state index in [0.717, 1.165) is 5.92 Å². The lowest BCUT2D eigenvalue weighted by atomic mass is 9.94. The smallest absolute Gasteiger partial charge is 0.0165 e. The molecule has 1 fully saturated rings. The van der Waals surface area contributed by atoms with E-state index in [1.54, 1.807) is 5.57 Å². The van der Waals surface area contributed by atoms with Gasteiger partial charge in [0, 0.05) is 13.1 Å². The van der Waals surface area contributed by atoms with Gasteiger partial charge in [-0.3, -0.25) is 4.90 Å². The van der Waals surface area contributed by atoms with Crippen molar-refractivity contribution in [2.45, 2.75) is 32.6 Å². The Hall–Kier alpha value is -0.340. The highest BCUT2D eigenvalue weighted by Crippen LogP contribution is 2.17. The van der Waals surface area contributed by atoms with Gasteiger partial charge in [-0.2, -0.15) is 0 Å². The Morgan fingerprint density at radius 1 is 1.40 bits per heavy atom. The van der Waals surface area contributed by atoms with Gasteiger partial charge in [-0.15, -0.1) is 0 Å². The maximum Gasteiger partial charge on any atom is 0.0165 e. The molecule has 0 aromatic heterocycles. The van der Waals surface area contributed by atoms with E-state index in [4.69, 9.17) is 0 Å². The molecule has 0 spiro atoms. The van der Waals surface area contributed by atoms with Crippen LogP contribution in [-0.2, 0) is 0 Å². The average molecular weight is 208 g/mol. The first-order chi connectivity index (χ1) is 7.34. The van der Waals surface area contributed by atoms with Gasteiger partial charge in [0.05, 0.1) is 0 Å². The van der Waals surface area contributed by atoms with E-state index in [2.05, 4.69) is 23.2 Å². The van der Waals surface area contributed by atoms with Crippen LogP contribution in [-0.4, -0.2) is 37.6 Å². The predicted molar refractivity (Wildman–Crippen MR) is 65.0 cm³/mol. The molecular weight excluding hydrogens is 184 g/mol. The largest absolute Gasteiger partial charge is 0.317 e. The molecule has 1 N–H and O–H groups in total. The second kappa shape index (κ2) is 5.66. The van der Waals surface area contributed by atoms with Crippen molar-refractivity contribution in [2.75, 3.05) is 32.7 Å². The van der Waals surface area contributed by atoms with Crippen molar-refractivity contribution >= 4 is 0 Å². The summed E-state index contributed by atoms with van der Waals surface area (Å²) in [5.74, 6) is 0.984. The number of nitrogens with zero attached hydrogens (tertiary/aromatic N) is 1. The standard InChI is InChI=1S/C13H24N2/c1-12-4-9-15(10-5-12)11-6-13-2-7-14-8-3-13/h4,13-14H,2-3,5-11H2,1H3. The summed E-state index contributed by atoms with van der Waals surface area (Å²) in [6.07, 6.45) is 7.87. The van der Waals surface area contributed by atoms with Crippen LogP contribution in [0.5, 0.6) is 0 Å². The molecule has 0 aromatic carbocycles. The summed E-state index contributed by atoms with van der Waals surface area (Å²) in [5, 5.41) is 3.44. The third-order valence-electron chi connectivity index (χ3n) is 3.83. The quantitative estimate of drug-likeness (QED) is 0.714. The molecule has 0 aliphatic carbocycles. The minimum atomic E-state index is 0.984. The first kappa shape index (κ1) is 11.2. The molecule has 1 saturated heterocycles. The van der Waals surface area contributed by atoms with Crippen LogP contribution in [0.25, 0.3) is 0 Å². The van der Waals surface area contributed by atoms with E-state index in [1.807, 2.05) is 0 Å². The van der Waals surface area contributed by atoms with Crippen molar-refractivity contribution < 1.29 is 0 Å². The zero-order valence-corrected chi connectivity index (χ0v) is 9.97. The summed E-state index contributed by atoms with van der Waals surface area (Å²) in [5.41, 5.74) is 1.58. The number of piperidine rings is 1. The van der Waals surface area contributed by atoms with E-state index < -0.39 is 0 Å². The Balaban J connectivity index is 1.65. The molecule has 0 saturated carbocycles. The van der Waals surface area contributed by atoms with Crippen LogP contribution in [0.4, 0.5) is 0 Å². The minimum Gasteiger partial charge on any atom is -0.317 e. The zero-order valence-electron chi connectivity index (χ0n) is 9.97. The van der Waals surface area contributed by atoms with Gasteiger partial charge in [0.15, 0.2) is 0 Å². The molecule has 2 aliphatic rings. The molecule has 15 heavy (non-hydrogen) atoms. The van der Waals surface area contributed by atoms with Crippen LogP contribution in [0.1, 0.15) is 32.6 Å². The summed E-state index contributed by atoms with van der Waals surface area (Å²) in [7, 11) is 0. The SMILES string of the molecule is CC1=CCN(CCC2CCNCC2)CC1. The van der Waals surface area contributed by atoms with E-state index in [-0.39, 0.29) is 0 Å². The third kappa shape index (κ3) is 3.62. The van der Waals surface area contributed by atoms with E-state index in [0.29, 0.717) is 0 Å². The highest BCUT2D eigenvalue weighted by Gasteiger charge is 2.15. The van der Waals surface area contributed by atoms with Crippen molar-refractivity contribution in [3.05, 3.63) is 11.6 Å². The van der Waals surface area contributed by atoms with Crippen LogP contribution < -0.4 is 5.32 Å². The van der Waals surface area contributed by atoms with E-state index in [1.165, 1.54) is 58.4 Å². The van der Waals surface area contributed by atoms with E-state index >= 15 is 0 Å². The van der Waals surface area contributed by atoms with Gasteiger partial charge in [-0.25, -0.2) is 0 Å². The van der Waals surface area contributed by atoms with Gasteiger partial charge in [0.2, 0.25) is 0 Å². The minimum absolute atomic E-state index is 0.984.